The van der Waals surface area contributed by atoms with E-state index < -0.39 is 0 Å². The standard InChI is InChI=1S/C15H20N2O3/c1-3-20-15(19)12-6-9-17(10-7-12)14-13(11(2)18)5-4-8-16-14/h4-5,8,12H,3,6-7,9-10H2,1-2H3. The summed E-state index contributed by atoms with van der Waals surface area (Å²) in [6.07, 6.45) is 3.18. The smallest absolute Gasteiger partial charge is 0.309 e. The normalized spacial score (nSPS) is 16.0. The number of rotatable bonds is 4. The highest BCUT2D eigenvalue weighted by Gasteiger charge is 2.27. The summed E-state index contributed by atoms with van der Waals surface area (Å²) < 4.78 is 5.06. The molecule has 20 heavy (non-hydrogen) atoms. The Morgan fingerprint density at radius 1 is 1.40 bits per heavy atom. The first-order valence-corrected chi connectivity index (χ1v) is 7.01. The number of pyridine rings is 1. The van der Waals surface area contributed by atoms with E-state index in [1.54, 1.807) is 25.3 Å². The summed E-state index contributed by atoms with van der Waals surface area (Å²) in [4.78, 5) is 29.7. The van der Waals surface area contributed by atoms with Crippen LogP contribution in [0, 0.1) is 5.92 Å². The van der Waals surface area contributed by atoms with E-state index in [1.165, 1.54) is 0 Å². The van der Waals surface area contributed by atoms with E-state index in [0.29, 0.717) is 12.2 Å². The molecule has 1 aromatic rings. The lowest BCUT2D eigenvalue weighted by Crippen LogP contribution is -2.38. The number of ether oxygens (including phenoxy) is 1. The number of hydrogen-bond donors (Lipinski definition) is 0. The molecule has 1 aromatic heterocycles. The number of piperidine rings is 1. The molecule has 0 aromatic carbocycles. The van der Waals surface area contributed by atoms with Crippen LogP contribution in [-0.2, 0) is 9.53 Å². The van der Waals surface area contributed by atoms with Crippen LogP contribution in [0.5, 0.6) is 0 Å². The van der Waals surface area contributed by atoms with Crippen molar-refractivity contribution in [2.45, 2.75) is 26.7 Å². The van der Waals surface area contributed by atoms with Gasteiger partial charge in [0.1, 0.15) is 5.82 Å². The predicted molar refractivity (Wildman–Crippen MR) is 75.8 cm³/mol. The van der Waals surface area contributed by atoms with Gasteiger partial charge in [-0.1, -0.05) is 0 Å². The molecule has 0 saturated carbocycles. The molecule has 2 heterocycles. The molecular formula is C15H20N2O3. The number of esters is 1. The van der Waals surface area contributed by atoms with Crippen molar-refractivity contribution < 1.29 is 14.3 Å². The molecule has 1 aliphatic heterocycles. The van der Waals surface area contributed by atoms with Crippen molar-refractivity contribution in [3.05, 3.63) is 23.9 Å². The van der Waals surface area contributed by atoms with Gasteiger partial charge in [-0.05, 0) is 38.8 Å². The molecule has 0 N–H and O–H groups in total. The number of Topliss-reactive ketones (excluding diaryl/α,β-unsaturated/α-hetero) is 1. The van der Waals surface area contributed by atoms with E-state index in [9.17, 15) is 9.59 Å². The molecule has 1 aliphatic rings. The largest absolute Gasteiger partial charge is 0.466 e. The Hall–Kier alpha value is -1.91. The summed E-state index contributed by atoms with van der Waals surface area (Å²) in [6.45, 7) is 5.24. The van der Waals surface area contributed by atoms with E-state index in [4.69, 9.17) is 4.74 Å². The number of nitrogens with zero attached hydrogens (tertiary/aromatic N) is 2. The maximum atomic E-state index is 11.7. The average molecular weight is 276 g/mol. The quantitative estimate of drug-likeness (QED) is 0.622. The van der Waals surface area contributed by atoms with Gasteiger partial charge in [0.05, 0.1) is 18.1 Å². The first-order valence-electron chi connectivity index (χ1n) is 7.01. The molecule has 0 aliphatic carbocycles. The number of aromatic nitrogens is 1. The van der Waals surface area contributed by atoms with Gasteiger partial charge in [-0.25, -0.2) is 4.98 Å². The molecule has 2 rings (SSSR count). The second kappa shape index (κ2) is 6.50. The van der Waals surface area contributed by atoms with Crippen LogP contribution in [0.1, 0.15) is 37.0 Å². The SMILES string of the molecule is CCOC(=O)C1CCN(c2ncccc2C(C)=O)CC1. The minimum absolute atomic E-state index is 0.0145. The van der Waals surface area contributed by atoms with Crippen molar-refractivity contribution in [3.8, 4) is 0 Å². The fourth-order valence-electron chi connectivity index (χ4n) is 2.51. The molecule has 0 radical (unpaired) electrons. The maximum absolute atomic E-state index is 11.7. The Bertz CT molecular complexity index is 494. The van der Waals surface area contributed by atoms with Gasteiger partial charge in [-0.15, -0.1) is 0 Å². The highest BCUT2D eigenvalue weighted by atomic mass is 16.5. The van der Waals surface area contributed by atoms with Gasteiger partial charge in [-0.2, -0.15) is 0 Å². The van der Waals surface area contributed by atoms with Crippen molar-refractivity contribution in [1.29, 1.82) is 0 Å². The summed E-state index contributed by atoms with van der Waals surface area (Å²) >= 11 is 0. The van der Waals surface area contributed by atoms with Crippen LogP contribution < -0.4 is 4.90 Å². The van der Waals surface area contributed by atoms with Crippen LogP contribution >= 0.6 is 0 Å². The second-order valence-corrected chi connectivity index (χ2v) is 4.94. The summed E-state index contributed by atoms with van der Waals surface area (Å²) in [6, 6.07) is 3.56. The Morgan fingerprint density at radius 2 is 2.10 bits per heavy atom. The van der Waals surface area contributed by atoms with Crippen LogP contribution in [0.25, 0.3) is 0 Å². The lowest BCUT2D eigenvalue weighted by Gasteiger charge is -2.32. The number of carbonyl (C=O) groups excluding carboxylic acids is 2. The Kier molecular flexibility index (Phi) is 4.71. The van der Waals surface area contributed by atoms with Crippen molar-refractivity contribution in [2.24, 2.45) is 5.92 Å². The van der Waals surface area contributed by atoms with Gasteiger partial charge in [0.15, 0.2) is 5.78 Å². The second-order valence-electron chi connectivity index (χ2n) is 4.94. The lowest BCUT2D eigenvalue weighted by molar-refractivity contribution is -0.148. The summed E-state index contributed by atoms with van der Waals surface area (Å²) in [7, 11) is 0. The molecule has 0 spiro atoms. The van der Waals surface area contributed by atoms with Gasteiger partial charge >= 0.3 is 5.97 Å². The molecule has 1 fully saturated rings. The molecule has 0 unspecified atom stereocenters. The maximum Gasteiger partial charge on any atom is 0.309 e. The highest BCUT2D eigenvalue weighted by molar-refractivity contribution is 5.98. The monoisotopic (exact) mass is 276 g/mol. The van der Waals surface area contributed by atoms with Crippen LogP contribution in [0.2, 0.25) is 0 Å². The first kappa shape index (κ1) is 14.5. The van der Waals surface area contributed by atoms with Gasteiger partial charge in [0.2, 0.25) is 0 Å². The lowest BCUT2D eigenvalue weighted by atomic mass is 9.96. The molecule has 5 nitrogen and oxygen atoms in total. The Balaban J connectivity index is 2.04. The fraction of sp³-hybridized carbons (Fsp3) is 0.533. The van der Waals surface area contributed by atoms with Crippen molar-refractivity contribution >= 4 is 17.6 Å². The molecule has 0 bridgehead atoms. The van der Waals surface area contributed by atoms with E-state index in [0.717, 1.165) is 31.7 Å². The van der Waals surface area contributed by atoms with Crippen molar-refractivity contribution in [1.82, 2.24) is 4.98 Å². The molecule has 5 heteroatoms. The van der Waals surface area contributed by atoms with Gasteiger partial charge in [-0.3, -0.25) is 9.59 Å². The van der Waals surface area contributed by atoms with E-state index in [1.807, 2.05) is 6.92 Å². The van der Waals surface area contributed by atoms with Gasteiger partial charge in [0, 0.05) is 19.3 Å². The van der Waals surface area contributed by atoms with Gasteiger partial charge in [0.25, 0.3) is 0 Å². The number of carbonyl (C=O) groups is 2. The van der Waals surface area contributed by atoms with Crippen LogP contribution in [-0.4, -0.2) is 36.4 Å². The van der Waals surface area contributed by atoms with Gasteiger partial charge < -0.3 is 9.64 Å². The number of ketones is 1. The van der Waals surface area contributed by atoms with Crippen molar-refractivity contribution in [3.63, 3.8) is 0 Å². The average Bonchev–Trinajstić information content (AvgIpc) is 2.47. The molecule has 1 saturated heterocycles. The molecule has 0 atom stereocenters. The van der Waals surface area contributed by atoms with E-state index >= 15 is 0 Å². The third kappa shape index (κ3) is 3.15. The van der Waals surface area contributed by atoms with Crippen LogP contribution in [0.15, 0.2) is 18.3 Å². The predicted octanol–water partition coefficient (Wildman–Crippen LogP) is 2.06. The highest BCUT2D eigenvalue weighted by Crippen LogP contribution is 2.25. The first-order chi connectivity index (χ1) is 9.63. The zero-order valence-electron chi connectivity index (χ0n) is 12.0. The topological polar surface area (TPSA) is 59.5 Å². The molecular weight excluding hydrogens is 256 g/mol. The Morgan fingerprint density at radius 3 is 2.70 bits per heavy atom. The summed E-state index contributed by atoms with van der Waals surface area (Å²) in [5.74, 6) is 0.596. The molecule has 108 valence electrons. The van der Waals surface area contributed by atoms with E-state index in [2.05, 4.69) is 9.88 Å². The number of hydrogen-bond acceptors (Lipinski definition) is 5. The minimum atomic E-state index is -0.111. The zero-order chi connectivity index (χ0) is 14.5. The molecule has 0 amide bonds. The summed E-state index contributed by atoms with van der Waals surface area (Å²) in [5, 5.41) is 0. The zero-order valence-corrected chi connectivity index (χ0v) is 12.0. The van der Waals surface area contributed by atoms with E-state index in [-0.39, 0.29) is 17.7 Å². The summed E-state index contributed by atoms with van der Waals surface area (Å²) in [5.41, 5.74) is 0.641. The van der Waals surface area contributed by atoms with Crippen LogP contribution in [0.4, 0.5) is 5.82 Å². The Labute approximate surface area is 118 Å². The van der Waals surface area contributed by atoms with Crippen molar-refractivity contribution in [2.75, 3.05) is 24.6 Å². The third-order valence-corrected chi connectivity index (χ3v) is 3.58. The fourth-order valence-corrected chi connectivity index (χ4v) is 2.51. The third-order valence-electron chi connectivity index (χ3n) is 3.58. The van der Waals surface area contributed by atoms with Crippen LogP contribution in [0.3, 0.4) is 0 Å². The minimum Gasteiger partial charge on any atom is -0.466 e. The number of anilines is 1.